The summed E-state index contributed by atoms with van der Waals surface area (Å²) >= 11 is 0. The van der Waals surface area contributed by atoms with E-state index < -0.39 is 4.92 Å². The first-order chi connectivity index (χ1) is 14.7. The first-order valence-corrected chi connectivity index (χ1v) is 10.1. The minimum absolute atomic E-state index is 0.00739. The Morgan fingerprint density at radius 1 is 0.900 bits per heavy atom. The van der Waals surface area contributed by atoms with Crippen molar-refractivity contribution in [3.05, 3.63) is 94.2 Å². The number of nitro groups is 1. The molecule has 30 heavy (non-hydrogen) atoms. The Balaban J connectivity index is 1.38. The van der Waals surface area contributed by atoms with E-state index in [1.165, 1.54) is 17.3 Å². The number of anilines is 2. The van der Waals surface area contributed by atoms with E-state index in [0.717, 1.165) is 38.3 Å². The third kappa shape index (κ3) is 4.75. The summed E-state index contributed by atoms with van der Waals surface area (Å²) in [5.74, 6) is 0.300. The minimum atomic E-state index is -0.409. The molecule has 1 saturated heterocycles. The molecule has 1 aliphatic rings. The van der Waals surface area contributed by atoms with Crippen LogP contribution in [0.3, 0.4) is 0 Å². The van der Waals surface area contributed by atoms with E-state index in [-0.39, 0.29) is 5.69 Å². The predicted molar refractivity (Wildman–Crippen MR) is 119 cm³/mol. The third-order valence-corrected chi connectivity index (χ3v) is 5.44. The van der Waals surface area contributed by atoms with Gasteiger partial charge in [-0.1, -0.05) is 42.5 Å². The van der Waals surface area contributed by atoms with Gasteiger partial charge in [0.25, 0.3) is 0 Å². The molecule has 4 rings (SSSR count). The van der Waals surface area contributed by atoms with Crippen LogP contribution in [0, 0.1) is 10.1 Å². The van der Waals surface area contributed by atoms with Crippen LogP contribution in [0.15, 0.2) is 72.9 Å². The normalized spacial score (nSPS) is 14.5. The maximum absolute atomic E-state index is 11.2. The topological polar surface area (TPSA) is 74.5 Å². The van der Waals surface area contributed by atoms with Gasteiger partial charge >= 0.3 is 5.69 Å². The second-order valence-electron chi connectivity index (χ2n) is 7.35. The Morgan fingerprint density at radius 3 is 2.33 bits per heavy atom. The number of para-hydroxylation sites is 1. The summed E-state index contributed by atoms with van der Waals surface area (Å²) in [6, 6.07) is 21.8. The molecule has 0 amide bonds. The van der Waals surface area contributed by atoms with Crippen molar-refractivity contribution in [2.75, 3.05) is 36.4 Å². The van der Waals surface area contributed by atoms with Gasteiger partial charge in [-0.05, 0) is 29.3 Å². The number of benzene rings is 2. The Hall–Kier alpha value is -3.45. The van der Waals surface area contributed by atoms with Crippen LogP contribution < -0.4 is 10.2 Å². The van der Waals surface area contributed by atoms with Crippen molar-refractivity contribution in [3.63, 3.8) is 0 Å². The first-order valence-electron chi connectivity index (χ1n) is 10.1. The van der Waals surface area contributed by atoms with Gasteiger partial charge in [-0.3, -0.25) is 15.0 Å². The molecule has 7 nitrogen and oxygen atoms in total. The van der Waals surface area contributed by atoms with Gasteiger partial charge in [-0.2, -0.15) is 0 Å². The first kappa shape index (κ1) is 19.8. The molecule has 1 aliphatic heterocycles. The van der Waals surface area contributed by atoms with E-state index in [1.807, 2.05) is 18.2 Å². The molecule has 0 aliphatic carbocycles. The smallest absolute Gasteiger partial charge is 0.311 e. The molecule has 1 N–H and O–H groups in total. The fourth-order valence-corrected chi connectivity index (χ4v) is 3.79. The zero-order chi connectivity index (χ0) is 20.8. The highest BCUT2D eigenvalue weighted by Crippen LogP contribution is 2.22. The quantitative estimate of drug-likeness (QED) is 0.476. The van der Waals surface area contributed by atoms with E-state index in [2.05, 4.69) is 56.5 Å². The van der Waals surface area contributed by atoms with E-state index >= 15 is 0 Å². The summed E-state index contributed by atoms with van der Waals surface area (Å²) in [5, 5.41) is 14.3. The van der Waals surface area contributed by atoms with Gasteiger partial charge in [0, 0.05) is 57.2 Å². The van der Waals surface area contributed by atoms with Gasteiger partial charge in [-0.15, -0.1) is 0 Å². The molecule has 0 unspecified atom stereocenters. The average Bonchev–Trinajstić information content (AvgIpc) is 2.80. The molecule has 154 valence electrons. The predicted octanol–water partition coefficient (Wildman–Crippen LogP) is 3.92. The summed E-state index contributed by atoms with van der Waals surface area (Å²) in [7, 11) is 0. The van der Waals surface area contributed by atoms with Crippen molar-refractivity contribution in [1.29, 1.82) is 0 Å². The fraction of sp³-hybridized carbons (Fsp3) is 0.261. The Kier molecular flexibility index (Phi) is 6.20. The number of hydrogen-bond donors (Lipinski definition) is 1. The monoisotopic (exact) mass is 403 g/mol. The molecule has 1 fully saturated rings. The maximum Gasteiger partial charge on any atom is 0.311 e. The van der Waals surface area contributed by atoms with E-state index in [0.29, 0.717) is 12.4 Å². The van der Waals surface area contributed by atoms with Gasteiger partial charge in [0.05, 0.1) is 4.92 Å². The number of nitrogens with zero attached hydrogens (tertiary/aromatic N) is 4. The molecular formula is C23H25N5O2. The Morgan fingerprint density at radius 2 is 1.60 bits per heavy atom. The van der Waals surface area contributed by atoms with Crippen LogP contribution in [0.1, 0.15) is 11.1 Å². The number of nitrogens with one attached hydrogen (secondary N) is 1. The molecule has 1 aromatic heterocycles. The number of aromatic nitrogens is 1. The summed E-state index contributed by atoms with van der Waals surface area (Å²) in [5.41, 5.74) is 3.63. The highest BCUT2D eigenvalue weighted by atomic mass is 16.6. The molecule has 0 radical (unpaired) electrons. The number of pyridine rings is 1. The highest BCUT2D eigenvalue weighted by Gasteiger charge is 2.19. The Bertz CT molecular complexity index is 988. The van der Waals surface area contributed by atoms with Gasteiger partial charge < -0.3 is 10.2 Å². The SMILES string of the molecule is O=[N+]([O-])c1cccnc1NCc1ccccc1CN1CCN(c2ccccc2)CC1. The van der Waals surface area contributed by atoms with Gasteiger partial charge in [0.15, 0.2) is 0 Å². The zero-order valence-electron chi connectivity index (χ0n) is 16.8. The van der Waals surface area contributed by atoms with Crippen LogP contribution >= 0.6 is 0 Å². The molecule has 3 aromatic rings. The van der Waals surface area contributed by atoms with E-state index in [4.69, 9.17) is 0 Å². The van der Waals surface area contributed by atoms with Crippen LogP contribution in [0.5, 0.6) is 0 Å². The summed E-state index contributed by atoms with van der Waals surface area (Å²) < 4.78 is 0. The van der Waals surface area contributed by atoms with Crippen LogP contribution in [0.2, 0.25) is 0 Å². The van der Waals surface area contributed by atoms with Crippen molar-refractivity contribution in [2.45, 2.75) is 13.1 Å². The second kappa shape index (κ2) is 9.37. The van der Waals surface area contributed by atoms with Crippen LogP contribution in [0.25, 0.3) is 0 Å². The summed E-state index contributed by atoms with van der Waals surface area (Å²) in [6.45, 7) is 5.38. The number of piperazine rings is 1. The fourth-order valence-electron chi connectivity index (χ4n) is 3.79. The van der Waals surface area contributed by atoms with Crippen LogP contribution in [-0.4, -0.2) is 41.0 Å². The van der Waals surface area contributed by atoms with Gasteiger partial charge in [0.2, 0.25) is 5.82 Å². The lowest BCUT2D eigenvalue weighted by atomic mass is 10.1. The third-order valence-electron chi connectivity index (χ3n) is 5.44. The average molecular weight is 403 g/mol. The largest absolute Gasteiger partial charge is 0.369 e. The molecule has 0 atom stereocenters. The van der Waals surface area contributed by atoms with Crippen molar-refractivity contribution < 1.29 is 4.92 Å². The number of hydrogen-bond acceptors (Lipinski definition) is 6. The zero-order valence-corrected chi connectivity index (χ0v) is 16.8. The van der Waals surface area contributed by atoms with E-state index in [1.54, 1.807) is 12.3 Å². The van der Waals surface area contributed by atoms with Crippen LogP contribution in [-0.2, 0) is 13.1 Å². The molecular weight excluding hydrogens is 378 g/mol. The van der Waals surface area contributed by atoms with Crippen molar-refractivity contribution in [3.8, 4) is 0 Å². The molecule has 2 aromatic carbocycles. The van der Waals surface area contributed by atoms with Crippen LogP contribution in [0.4, 0.5) is 17.2 Å². The summed E-state index contributed by atoms with van der Waals surface area (Å²) in [6.07, 6.45) is 1.56. The second-order valence-corrected chi connectivity index (χ2v) is 7.35. The molecule has 0 bridgehead atoms. The maximum atomic E-state index is 11.2. The lowest BCUT2D eigenvalue weighted by Crippen LogP contribution is -2.46. The van der Waals surface area contributed by atoms with Crippen molar-refractivity contribution >= 4 is 17.2 Å². The molecule has 2 heterocycles. The van der Waals surface area contributed by atoms with Crippen molar-refractivity contribution in [1.82, 2.24) is 9.88 Å². The standard InChI is InChI=1S/C23H25N5O2/c29-28(30)22-11-6-12-24-23(22)25-17-19-7-4-5-8-20(19)18-26-13-15-27(16-14-26)21-9-2-1-3-10-21/h1-12H,13-18H2,(H,24,25). The highest BCUT2D eigenvalue weighted by molar-refractivity contribution is 5.55. The lowest BCUT2D eigenvalue weighted by molar-refractivity contribution is -0.384. The molecule has 0 saturated carbocycles. The van der Waals surface area contributed by atoms with Crippen molar-refractivity contribution in [2.24, 2.45) is 0 Å². The number of rotatable bonds is 7. The van der Waals surface area contributed by atoms with E-state index in [9.17, 15) is 10.1 Å². The minimum Gasteiger partial charge on any atom is -0.369 e. The van der Waals surface area contributed by atoms with Gasteiger partial charge in [-0.25, -0.2) is 4.98 Å². The lowest BCUT2D eigenvalue weighted by Gasteiger charge is -2.36. The van der Waals surface area contributed by atoms with Gasteiger partial charge in [0.1, 0.15) is 0 Å². The molecule has 0 spiro atoms. The molecule has 7 heteroatoms. The Labute approximate surface area is 176 Å². The summed E-state index contributed by atoms with van der Waals surface area (Å²) in [4.78, 5) is 19.8.